The molecule has 0 saturated heterocycles. The van der Waals surface area contributed by atoms with Gasteiger partial charge in [0.05, 0.1) is 12.2 Å². The molecule has 2 aromatic rings. The van der Waals surface area contributed by atoms with Crippen molar-refractivity contribution in [3.05, 3.63) is 53.6 Å². The van der Waals surface area contributed by atoms with Crippen LogP contribution in [0.25, 0.3) is 0 Å². The molecule has 2 unspecified atom stereocenters. The molecule has 0 amide bonds. The first-order chi connectivity index (χ1) is 9.49. The highest BCUT2D eigenvalue weighted by atomic mass is 19.1. The van der Waals surface area contributed by atoms with Crippen LogP contribution in [0, 0.1) is 5.82 Å². The number of benzene rings is 1. The normalized spacial score (nSPS) is 14.5. The summed E-state index contributed by atoms with van der Waals surface area (Å²) in [7, 11) is 3.83. The average molecular weight is 276 g/mol. The van der Waals surface area contributed by atoms with Gasteiger partial charge in [-0.2, -0.15) is 5.10 Å². The number of aryl methyl sites for hydroxylation is 1. The van der Waals surface area contributed by atoms with Gasteiger partial charge in [-0.05, 0) is 20.0 Å². The molecule has 0 spiro atoms. The van der Waals surface area contributed by atoms with Gasteiger partial charge in [0.2, 0.25) is 0 Å². The summed E-state index contributed by atoms with van der Waals surface area (Å²) < 4.78 is 15.5. The molecule has 0 aliphatic carbocycles. The van der Waals surface area contributed by atoms with Gasteiger partial charge >= 0.3 is 0 Å². The second-order valence-corrected chi connectivity index (χ2v) is 5.26. The molecular weight excluding hydrogens is 255 g/mol. The zero-order chi connectivity index (χ0) is 14.7. The van der Waals surface area contributed by atoms with Crippen LogP contribution in [-0.4, -0.2) is 27.8 Å². The van der Waals surface area contributed by atoms with E-state index >= 15 is 0 Å². The molecule has 2 atom stereocenters. The summed E-state index contributed by atoms with van der Waals surface area (Å²) in [5.74, 6) is -0.186. The zero-order valence-corrected chi connectivity index (χ0v) is 12.1. The van der Waals surface area contributed by atoms with Crippen LogP contribution < -0.4 is 5.73 Å². The number of rotatable bonds is 5. The fourth-order valence-corrected chi connectivity index (χ4v) is 2.55. The van der Waals surface area contributed by atoms with Crippen molar-refractivity contribution in [2.75, 3.05) is 7.05 Å². The molecule has 108 valence electrons. The molecule has 0 aliphatic heterocycles. The largest absolute Gasteiger partial charge is 0.326 e. The highest BCUT2D eigenvalue weighted by Gasteiger charge is 2.23. The van der Waals surface area contributed by atoms with E-state index in [0.717, 1.165) is 5.56 Å². The van der Waals surface area contributed by atoms with Gasteiger partial charge in [0.25, 0.3) is 0 Å². The van der Waals surface area contributed by atoms with Crippen LogP contribution in [-0.2, 0) is 13.6 Å². The number of aromatic nitrogens is 2. The van der Waals surface area contributed by atoms with Crippen molar-refractivity contribution in [3.8, 4) is 0 Å². The maximum Gasteiger partial charge on any atom is 0.127 e. The molecule has 0 fully saturated rings. The van der Waals surface area contributed by atoms with E-state index in [4.69, 9.17) is 5.73 Å². The lowest BCUT2D eigenvalue weighted by Gasteiger charge is -2.30. The Morgan fingerprint density at radius 1 is 1.40 bits per heavy atom. The van der Waals surface area contributed by atoms with Gasteiger partial charge in [-0.25, -0.2) is 4.39 Å². The summed E-state index contributed by atoms with van der Waals surface area (Å²) in [5, 5.41) is 4.19. The van der Waals surface area contributed by atoms with Crippen molar-refractivity contribution >= 4 is 0 Å². The van der Waals surface area contributed by atoms with E-state index in [2.05, 4.69) is 10.00 Å². The lowest BCUT2D eigenvalue weighted by atomic mass is 10.0. The van der Waals surface area contributed by atoms with E-state index in [1.807, 2.05) is 39.5 Å². The fraction of sp³-hybridized carbons (Fsp3) is 0.400. The van der Waals surface area contributed by atoms with Crippen LogP contribution in [0.5, 0.6) is 0 Å². The minimum atomic E-state index is -0.186. The number of hydrogen-bond donors (Lipinski definition) is 1. The minimum Gasteiger partial charge on any atom is -0.326 e. The first kappa shape index (κ1) is 14.7. The maximum atomic E-state index is 13.7. The summed E-state index contributed by atoms with van der Waals surface area (Å²) in [6, 6.07) is 6.75. The maximum absolute atomic E-state index is 13.7. The number of nitrogens with two attached hydrogens (primary N) is 1. The molecule has 1 aromatic carbocycles. The Kier molecular flexibility index (Phi) is 4.52. The molecule has 0 radical (unpaired) electrons. The SMILES string of the molecule is CC(N)C(c1cnn(C)c1)N(C)Cc1ccccc1F. The Bertz CT molecular complexity index is 565. The van der Waals surface area contributed by atoms with Gasteiger partial charge in [0.15, 0.2) is 0 Å². The third kappa shape index (κ3) is 3.23. The predicted molar refractivity (Wildman–Crippen MR) is 77.5 cm³/mol. The van der Waals surface area contributed by atoms with Crippen molar-refractivity contribution in [3.63, 3.8) is 0 Å². The quantitative estimate of drug-likeness (QED) is 0.909. The summed E-state index contributed by atoms with van der Waals surface area (Å²) in [6.07, 6.45) is 3.76. The Labute approximate surface area is 119 Å². The molecular formula is C15H21FN4. The van der Waals surface area contributed by atoms with Crippen LogP contribution in [0.15, 0.2) is 36.7 Å². The molecule has 2 rings (SSSR count). The average Bonchev–Trinajstić information content (AvgIpc) is 2.78. The summed E-state index contributed by atoms with van der Waals surface area (Å²) >= 11 is 0. The third-order valence-corrected chi connectivity index (χ3v) is 3.42. The van der Waals surface area contributed by atoms with Gasteiger partial charge in [0.1, 0.15) is 5.82 Å². The number of nitrogens with zero attached hydrogens (tertiary/aromatic N) is 3. The van der Waals surface area contributed by atoms with E-state index in [0.29, 0.717) is 12.1 Å². The predicted octanol–water partition coefficient (Wildman–Crippen LogP) is 2.08. The van der Waals surface area contributed by atoms with E-state index in [9.17, 15) is 4.39 Å². The Balaban J connectivity index is 2.20. The molecule has 4 nitrogen and oxygen atoms in total. The molecule has 0 bridgehead atoms. The summed E-state index contributed by atoms with van der Waals surface area (Å²) in [4.78, 5) is 2.06. The standard InChI is InChI=1S/C15H21FN4/c1-11(17)15(13-8-18-20(3)10-13)19(2)9-12-6-4-5-7-14(12)16/h4-8,10-11,15H,9,17H2,1-3H3. The monoisotopic (exact) mass is 276 g/mol. The highest BCUT2D eigenvalue weighted by Crippen LogP contribution is 2.24. The van der Waals surface area contributed by atoms with E-state index < -0.39 is 0 Å². The van der Waals surface area contributed by atoms with Gasteiger partial charge in [-0.3, -0.25) is 9.58 Å². The number of likely N-dealkylation sites (N-methyl/N-ethyl adjacent to an activating group) is 1. The third-order valence-electron chi connectivity index (χ3n) is 3.42. The van der Waals surface area contributed by atoms with Crippen LogP contribution in [0.1, 0.15) is 24.1 Å². The second-order valence-electron chi connectivity index (χ2n) is 5.26. The van der Waals surface area contributed by atoms with Crippen molar-refractivity contribution in [1.82, 2.24) is 14.7 Å². The molecule has 1 aromatic heterocycles. The second kappa shape index (κ2) is 6.15. The van der Waals surface area contributed by atoms with E-state index in [-0.39, 0.29) is 17.9 Å². The Hall–Kier alpha value is -1.72. The number of hydrogen-bond acceptors (Lipinski definition) is 3. The smallest absolute Gasteiger partial charge is 0.127 e. The van der Waals surface area contributed by atoms with Gasteiger partial charge in [-0.1, -0.05) is 18.2 Å². The summed E-state index contributed by atoms with van der Waals surface area (Å²) in [6.45, 7) is 2.46. The first-order valence-corrected chi connectivity index (χ1v) is 6.67. The minimum absolute atomic E-state index is 0.00306. The van der Waals surface area contributed by atoms with Crippen LogP contribution >= 0.6 is 0 Å². The first-order valence-electron chi connectivity index (χ1n) is 6.67. The molecule has 0 saturated carbocycles. The van der Waals surface area contributed by atoms with Crippen LogP contribution in [0.3, 0.4) is 0 Å². The van der Waals surface area contributed by atoms with Crippen molar-refractivity contribution in [2.45, 2.75) is 25.6 Å². The van der Waals surface area contributed by atoms with Gasteiger partial charge in [-0.15, -0.1) is 0 Å². The van der Waals surface area contributed by atoms with E-state index in [1.54, 1.807) is 16.8 Å². The zero-order valence-electron chi connectivity index (χ0n) is 12.1. The van der Waals surface area contributed by atoms with Crippen molar-refractivity contribution in [2.24, 2.45) is 12.8 Å². The molecule has 2 N–H and O–H groups in total. The lowest BCUT2D eigenvalue weighted by Crippen LogP contribution is -2.37. The molecule has 20 heavy (non-hydrogen) atoms. The van der Waals surface area contributed by atoms with Crippen LogP contribution in [0.2, 0.25) is 0 Å². The molecule has 5 heteroatoms. The van der Waals surface area contributed by atoms with E-state index in [1.165, 1.54) is 6.07 Å². The van der Waals surface area contributed by atoms with Gasteiger partial charge in [0, 0.05) is 37.0 Å². The fourth-order valence-electron chi connectivity index (χ4n) is 2.55. The molecule has 1 heterocycles. The van der Waals surface area contributed by atoms with Gasteiger partial charge < -0.3 is 5.73 Å². The topological polar surface area (TPSA) is 47.1 Å². The van der Waals surface area contributed by atoms with Crippen LogP contribution in [0.4, 0.5) is 4.39 Å². The highest BCUT2D eigenvalue weighted by molar-refractivity contribution is 5.19. The lowest BCUT2D eigenvalue weighted by molar-refractivity contribution is 0.208. The van der Waals surface area contributed by atoms with Crippen molar-refractivity contribution in [1.29, 1.82) is 0 Å². The number of halogens is 1. The summed E-state index contributed by atoms with van der Waals surface area (Å²) in [5.41, 5.74) is 7.81. The Morgan fingerprint density at radius 3 is 2.65 bits per heavy atom. The molecule has 0 aliphatic rings. The van der Waals surface area contributed by atoms with Crippen molar-refractivity contribution < 1.29 is 4.39 Å². The Morgan fingerprint density at radius 2 is 2.10 bits per heavy atom.